The number of halogens is 1. The second-order valence-corrected chi connectivity index (χ2v) is 9.02. The SMILES string of the molecule is CN=C(NC1C2CCOC2C12CCCC2)N1CCOC(c2ccccc2C)C1.I. The van der Waals surface area contributed by atoms with Gasteiger partial charge in [-0.05, 0) is 37.3 Å². The monoisotopic (exact) mass is 511 g/mol. The Hall–Kier alpha value is -0.860. The van der Waals surface area contributed by atoms with Gasteiger partial charge in [0.25, 0.3) is 0 Å². The summed E-state index contributed by atoms with van der Waals surface area (Å²) in [4.78, 5) is 7.08. The van der Waals surface area contributed by atoms with Crippen LogP contribution in [0.5, 0.6) is 0 Å². The van der Waals surface area contributed by atoms with Crippen molar-refractivity contribution < 1.29 is 9.47 Å². The molecule has 29 heavy (non-hydrogen) atoms. The first-order valence-corrected chi connectivity index (χ1v) is 11.0. The number of morpholine rings is 1. The summed E-state index contributed by atoms with van der Waals surface area (Å²) >= 11 is 0. The van der Waals surface area contributed by atoms with Gasteiger partial charge in [0.1, 0.15) is 6.10 Å². The first kappa shape index (κ1) is 21.4. The fraction of sp³-hybridized carbons (Fsp3) is 0.696. The average molecular weight is 511 g/mol. The Balaban J connectivity index is 0.00000205. The van der Waals surface area contributed by atoms with Gasteiger partial charge in [0.15, 0.2) is 5.96 Å². The number of guanidine groups is 1. The van der Waals surface area contributed by atoms with Crippen LogP contribution in [0, 0.1) is 18.3 Å². The summed E-state index contributed by atoms with van der Waals surface area (Å²) in [6, 6.07) is 9.08. The number of fused-ring (bicyclic) bond motifs is 2. The molecule has 2 aliphatic carbocycles. The molecule has 0 bridgehead atoms. The molecular formula is C23H34IN3O2. The van der Waals surface area contributed by atoms with Crippen molar-refractivity contribution in [1.82, 2.24) is 10.2 Å². The molecule has 1 aromatic rings. The first-order valence-electron chi connectivity index (χ1n) is 11.0. The number of hydrogen-bond acceptors (Lipinski definition) is 3. The highest BCUT2D eigenvalue weighted by molar-refractivity contribution is 14.0. The van der Waals surface area contributed by atoms with E-state index in [1.807, 2.05) is 7.05 Å². The molecule has 160 valence electrons. The second kappa shape index (κ2) is 8.71. The predicted octanol–water partition coefficient (Wildman–Crippen LogP) is 3.91. The van der Waals surface area contributed by atoms with Crippen molar-refractivity contribution in [3.63, 3.8) is 0 Å². The van der Waals surface area contributed by atoms with Crippen molar-refractivity contribution in [1.29, 1.82) is 0 Å². The van der Waals surface area contributed by atoms with E-state index in [0.29, 0.717) is 23.5 Å². The fourth-order valence-corrected chi connectivity index (χ4v) is 6.32. The van der Waals surface area contributed by atoms with E-state index < -0.39 is 0 Å². The molecule has 6 heteroatoms. The van der Waals surface area contributed by atoms with Crippen LogP contribution >= 0.6 is 24.0 Å². The lowest BCUT2D eigenvalue weighted by atomic mass is 9.54. The maximum absolute atomic E-state index is 6.16. The molecule has 4 atom stereocenters. The lowest BCUT2D eigenvalue weighted by Gasteiger charge is -2.57. The van der Waals surface area contributed by atoms with Gasteiger partial charge in [-0.1, -0.05) is 37.1 Å². The van der Waals surface area contributed by atoms with Crippen molar-refractivity contribution in [2.24, 2.45) is 16.3 Å². The molecule has 4 aliphatic rings. The van der Waals surface area contributed by atoms with Crippen molar-refractivity contribution in [2.45, 2.75) is 57.3 Å². The topological polar surface area (TPSA) is 46.1 Å². The number of nitrogens with one attached hydrogen (secondary N) is 1. The van der Waals surface area contributed by atoms with Gasteiger partial charge in [0, 0.05) is 37.6 Å². The van der Waals surface area contributed by atoms with Crippen molar-refractivity contribution in [2.75, 3.05) is 33.4 Å². The first-order chi connectivity index (χ1) is 13.7. The molecule has 2 saturated heterocycles. The van der Waals surface area contributed by atoms with E-state index in [-0.39, 0.29) is 30.1 Å². The number of ether oxygens (including phenoxy) is 2. The van der Waals surface area contributed by atoms with Gasteiger partial charge < -0.3 is 19.7 Å². The number of aryl methyl sites for hydroxylation is 1. The largest absolute Gasteiger partial charge is 0.377 e. The lowest BCUT2D eigenvalue weighted by molar-refractivity contribution is -0.125. The molecule has 1 N–H and O–H groups in total. The normalized spacial score (nSPS) is 33.2. The Morgan fingerprint density at radius 1 is 1.17 bits per heavy atom. The second-order valence-electron chi connectivity index (χ2n) is 9.02. The summed E-state index contributed by atoms with van der Waals surface area (Å²) in [5.74, 6) is 1.70. The van der Waals surface area contributed by atoms with Crippen LogP contribution in [-0.4, -0.2) is 56.4 Å². The Morgan fingerprint density at radius 3 is 2.72 bits per heavy atom. The maximum Gasteiger partial charge on any atom is 0.194 e. The number of benzene rings is 1. The minimum atomic E-state index is 0. The summed E-state index contributed by atoms with van der Waals surface area (Å²) in [7, 11) is 1.92. The number of hydrogen-bond donors (Lipinski definition) is 1. The van der Waals surface area contributed by atoms with Gasteiger partial charge >= 0.3 is 0 Å². The Labute approximate surface area is 191 Å². The lowest BCUT2D eigenvalue weighted by Crippen LogP contribution is -2.69. The minimum Gasteiger partial charge on any atom is -0.377 e. The fourth-order valence-electron chi connectivity index (χ4n) is 6.32. The molecule has 0 amide bonds. The molecule has 2 aliphatic heterocycles. The van der Waals surface area contributed by atoms with E-state index in [1.54, 1.807) is 0 Å². The molecule has 1 aromatic carbocycles. The van der Waals surface area contributed by atoms with Gasteiger partial charge in [-0.15, -0.1) is 24.0 Å². The zero-order chi connectivity index (χ0) is 19.1. The van der Waals surface area contributed by atoms with Crippen LogP contribution in [0.15, 0.2) is 29.3 Å². The van der Waals surface area contributed by atoms with Gasteiger partial charge in [0.2, 0.25) is 0 Å². The standard InChI is InChI=1S/C23H33N3O2.HI/c1-16-7-3-4-8-17(16)19-15-26(12-14-27-19)22(24-2)25-20-18-9-13-28-21(18)23(20)10-5-6-11-23;/h3-4,7-8,18-21H,5-6,9-15H2,1-2H3,(H,24,25);1H. The highest BCUT2D eigenvalue weighted by atomic mass is 127. The molecule has 4 fully saturated rings. The molecule has 0 radical (unpaired) electrons. The predicted molar refractivity (Wildman–Crippen MR) is 126 cm³/mol. The summed E-state index contributed by atoms with van der Waals surface area (Å²) < 4.78 is 12.3. The summed E-state index contributed by atoms with van der Waals surface area (Å²) in [6.45, 7) is 5.59. The van der Waals surface area contributed by atoms with Crippen LogP contribution < -0.4 is 5.32 Å². The quantitative estimate of drug-likeness (QED) is 0.372. The summed E-state index contributed by atoms with van der Waals surface area (Å²) in [5, 5.41) is 3.90. The number of rotatable bonds is 2. The van der Waals surface area contributed by atoms with Crippen LogP contribution in [-0.2, 0) is 9.47 Å². The van der Waals surface area contributed by atoms with Gasteiger partial charge in [-0.2, -0.15) is 0 Å². The van der Waals surface area contributed by atoms with Gasteiger partial charge in [-0.3, -0.25) is 4.99 Å². The Bertz CT molecular complexity index is 749. The molecule has 5 rings (SSSR count). The van der Waals surface area contributed by atoms with Crippen molar-refractivity contribution in [3.8, 4) is 0 Å². The van der Waals surface area contributed by atoms with Gasteiger partial charge in [-0.25, -0.2) is 0 Å². The highest BCUT2D eigenvalue weighted by Gasteiger charge is 2.65. The van der Waals surface area contributed by atoms with E-state index in [2.05, 4.69) is 46.4 Å². The molecule has 0 aromatic heterocycles. The third-order valence-electron chi connectivity index (χ3n) is 7.68. The van der Waals surface area contributed by atoms with Crippen LogP contribution in [0.4, 0.5) is 0 Å². The third kappa shape index (κ3) is 3.59. The van der Waals surface area contributed by atoms with Crippen LogP contribution in [0.3, 0.4) is 0 Å². The van der Waals surface area contributed by atoms with E-state index in [1.165, 1.54) is 43.2 Å². The molecule has 2 saturated carbocycles. The Kier molecular flexibility index (Phi) is 6.42. The number of aliphatic imine (C=N–C) groups is 1. The van der Waals surface area contributed by atoms with Gasteiger partial charge in [0.05, 0.1) is 19.3 Å². The molecule has 5 nitrogen and oxygen atoms in total. The van der Waals surface area contributed by atoms with E-state index in [4.69, 9.17) is 9.47 Å². The van der Waals surface area contributed by atoms with Crippen LogP contribution in [0.25, 0.3) is 0 Å². The van der Waals surface area contributed by atoms with E-state index in [0.717, 1.165) is 32.3 Å². The molecule has 2 heterocycles. The van der Waals surface area contributed by atoms with Crippen molar-refractivity contribution >= 4 is 29.9 Å². The summed E-state index contributed by atoms with van der Waals surface area (Å²) in [5.41, 5.74) is 2.94. The average Bonchev–Trinajstić information content (AvgIpc) is 3.38. The minimum absolute atomic E-state index is 0. The van der Waals surface area contributed by atoms with E-state index in [9.17, 15) is 0 Å². The zero-order valence-corrected chi connectivity index (χ0v) is 19.9. The highest BCUT2D eigenvalue weighted by Crippen LogP contribution is 2.60. The molecule has 1 spiro atoms. The van der Waals surface area contributed by atoms with Crippen LogP contribution in [0.2, 0.25) is 0 Å². The zero-order valence-electron chi connectivity index (χ0n) is 17.6. The Morgan fingerprint density at radius 2 is 1.97 bits per heavy atom. The third-order valence-corrected chi connectivity index (χ3v) is 7.68. The smallest absolute Gasteiger partial charge is 0.194 e. The maximum atomic E-state index is 6.16. The van der Waals surface area contributed by atoms with E-state index >= 15 is 0 Å². The number of nitrogens with zero attached hydrogens (tertiary/aromatic N) is 2. The van der Waals surface area contributed by atoms with Crippen LogP contribution in [0.1, 0.15) is 49.3 Å². The molecule has 4 unspecified atom stereocenters. The summed E-state index contributed by atoms with van der Waals surface area (Å²) in [6.07, 6.45) is 7.07. The van der Waals surface area contributed by atoms with Crippen molar-refractivity contribution in [3.05, 3.63) is 35.4 Å². The molecular weight excluding hydrogens is 477 g/mol.